The Morgan fingerprint density at radius 1 is 1.12 bits per heavy atom. The first-order valence-electron chi connectivity index (χ1n) is 8.17. The third kappa shape index (κ3) is 2.40. The van der Waals surface area contributed by atoms with Gasteiger partial charge in [-0.3, -0.25) is 9.59 Å². The third-order valence-corrected chi connectivity index (χ3v) is 4.58. The zero-order valence-corrected chi connectivity index (χ0v) is 13.5. The highest BCUT2D eigenvalue weighted by atomic mass is 16.2. The lowest BCUT2D eigenvalue weighted by molar-refractivity contribution is 0.0986. The number of H-pyrrole nitrogens is 1. The molecule has 1 aromatic heterocycles. The highest BCUT2D eigenvalue weighted by Crippen LogP contribution is 2.30. The van der Waals surface area contributed by atoms with Gasteiger partial charge in [0.15, 0.2) is 0 Å². The predicted octanol–water partition coefficient (Wildman–Crippen LogP) is 3.43. The number of hydrogen-bond donors (Lipinski definition) is 1. The average Bonchev–Trinajstić information content (AvgIpc) is 2.59. The fourth-order valence-electron chi connectivity index (χ4n) is 3.46. The van der Waals surface area contributed by atoms with Gasteiger partial charge in [-0.2, -0.15) is 0 Å². The minimum atomic E-state index is -0.252. The van der Waals surface area contributed by atoms with Crippen LogP contribution in [0.15, 0.2) is 53.3 Å². The number of nitrogens with zero attached hydrogens (tertiary/aromatic N) is 1. The number of hydrogen-bond acceptors (Lipinski definition) is 2. The van der Waals surface area contributed by atoms with E-state index in [0.29, 0.717) is 17.6 Å². The van der Waals surface area contributed by atoms with Gasteiger partial charge < -0.3 is 9.88 Å². The molecule has 0 bridgehead atoms. The summed E-state index contributed by atoms with van der Waals surface area (Å²) in [5.74, 6) is -0.109. The van der Waals surface area contributed by atoms with Gasteiger partial charge in [0.1, 0.15) is 0 Å². The van der Waals surface area contributed by atoms with Gasteiger partial charge in [-0.25, -0.2) is 0 Å². The monoisotopic (exact) mass is 318 g/mol. The molecule has 3 aromatic rings. The second-order valence-corrected chi connectivity index (χ2v) is 6.29. The van der Waals surface area contributed by atoms with Crippen molar-refractivity contribution < 1.29 is 4.79 Å². The van der Waals surface area contributed by atoms with Crippen LogP contribution in [0.25, 0.3) is 10.9 Å². The van der Waals surface area contributed by atoms with E-state index in [0.717, 1.165) is 23.9 Å². The Kier molecular flexibility index (Phi) is 3.45. The summed E-state index contributed by atoms with van der Waals surface area (Å²) in [6.45, 7) is 2.74. The second-order valence-electron chi connectivity index (χ2n) is 6.29. The number of aryl methyl sites for hydroxylation is 2. The molecule has 0 radical (unpaired) electrons. The largest absolute Gasteiger partial charge is 0.322 e. The first kappa shape index (κ1) is 14.7. The molecule has 24 heavy (non-hydrogen) atoms. The molecule has 1 amide bonds. The van der Waals surface area contributed by atoms with Crippen molar-refractivity contribution in [2.24, 2.45) is 0 Å². The number of anilines is 1. The number of aromatic nitrogens is 1. The van der Waals surface area contributed by atoms with Gasteiger partial charge in [-0.15, -0.1) is 0 Å². The summed E-state index contributed by atoms with van der Waals surface area (Å²) < 4.78 is 0. The number of aromatic amines is 1. The molecule has 0 saturated carbocycles. The number of benzene rings is 2. The van der Waals surface area contributed by atoms with Gasteiger partial charge in [-0.05, 0) is 37.5 Å². The number of amides is 1. The smallest absolute Gasteiger partial charge is 0.259 e. The van der Waals surface area contributed by atoms with Crippen LogP contribution >= 0.6 is 0 Å². The summed E-state index contributed by atoms with van der Waals surface area (Å²) in [5, 5.41) is 0.779. The van der Waals surface area contributed by atoms with Crippen molar-refractivity contribution in [1.29, 1.82) is 0 Å². The molecular formula is C20H18N2O2. The van der Waals surface area contributed by atoms with Gasteiger partial charge in [0.05, 0.1) is 5.56 Å². The first-order chi connectivity index (χ1) is 11.6. The number of nitrogens with one attached hydrogen (secondary N) is 1. The normalized spacial score (nSPS) is 13.8. The van der Waals surface area contributed by atoms with E-state index in [4.69, 9.17) is 0 Å². The van der Waals surface area contributed by atoms with Gasteiger partial charge >= 0.3 is 0 Å². The molecule has 4 heteroatoms. The van der Waals surface area contributed by atoms with E-state index in [9.17, 15) is 9.59 Å². The maximum atomic E-state index is 13.2. The Bertz CT molecular complexity index is 1000. The van der Waals surface area contributed by atoms with Crippen molar-refractivity contribution in [3.63, 3.8) is 0 Å². The molecule has 1 aliphatic rings. The van der Waals surface area contributed by atoms with Crippen LogP contribution in [-0.4, -0.2) is 17.4 Å². The topological polar surface area (TPSA) is 53.2 Å². The number of carbonyl (C=O) groups is 1. The molecule has 2 aromatic carbocycles. The number of rotatable bonds is 1. The lowest BCUT2D eigenvalue weighted by atomic mass is 9.98. The maximum Gasteiger partial charge on any atom is 0.259 e. The quantitative estimate of drug-likeness (QED) is 0.747. The number of para-hydroxylation sites is 1. The van der Waals surface area contributed by atoms with Crippen LogP contribution in [0.4, 0.5) is 5.69 Å². The summed E-state index contributed by atoms with van der Waals surface area (Å²) in [5.41, 5.74) is 4.25. The van der Waals surface area contributed by atoms with Gasteiger partial charge in [0.25, 0.3) is 5.91 Å². The van der Waals surface area contributed by atoms with Crippen molar-refractivity contribution in [3.8, 4) is 0 Å². The van der Waals surface area contributed by atoms with Crippen molar-refractivity contribution >= 4 is 22.5 Å². The van der Waals surface area contributed by atoms with Crippen LogP contribution in [0.1, 0.15) is 27.9 Å². The van der Waals surface area contributed by atoms with Crippen LogP contribution in [0.2, 0.25) is 0 Å². The van der Waals surface area contributed by atoms with Crippen LogP contribution in [0, 0.1) is 6.92 Å². The van der Waals surface area contributed by atoms with Crippen LogP contribution in [0.3, 0.4) is 0 Å². The fraction of sp³-hybridized carbons (Fsp3) is 0.200. The molecule has 1 N–H and O–H groups in total. The van der Waals surface area contributed by atoms with Crippen LogP contribution in [0.5, 0.6) is 0 Å². The van der Waals surface area contributed by atoms with Gasteiger partial charge in [0.2, 0.25) is 5.56 Å². The summed E-state index contributed by atoms with van der Waals surface area (Å²) in [7, 11) is 0. The van der Waals surface area contributed by atoms with Crippen molar-refractivity contribution in [3.05, 3.63) is 75.6 Å². The Morgan fingerprint density at radius 2 is 1.96 bits per heavy atom. The highest BCUT2D eigenvalue weighted by molar-refractivity contribution is 6.13. The molecule has 1 aliphatic heterocycles. The predicted molar refractivity (Wildman–Crippen MR) is 95.7 cm³/mol. The Labute approximate surface area is 139 Å². The molecular weight excluding hydrogens is 300 g/mol. The van der Waals surface area contributed by atoms with Crippen LogP contribution < -0.4 is 10.5 Å². The SMILES string of the molecule is Cc1ccc2c(c1)CCCN2C(=O)c1cc(=O)[nH]c2ccccc12. The summed E-state index contributed by atoms with van der Waals surface area (Å²) in [6.07, 6.45) is 1.92. The lowest BCUT2D eigenvalue weighted by Crippen LogP contribution is -2.36. The molecule has 0 atom stereocenters. The van der Waals surface area contributed by atoms with E-state index < -0.39 is 0 Å². The van der Waals surface area contributed by atoms with E-state index in [2.05, 4.69) is 18.0 Å². The molecule has 2 heterocycles. The molecule has 4 rings (SSSR count). The second kappa shape index (κ2) is 5.64. The summed E-state index contributed by atoms with van der Waals surface area (Å²) in [4.78, 5) is 29.7. The molecule has 0 saturated heterocycles. The lowest BCUT2D eigenvalue weighted by Gasteiger charge is -2.30. The summed E-state index contributed by atoms with van der Waals surface area (Å²) in [6, 6.07) is 15.0. The standard InChI is InChI=1S/C20H18N2O2/c1-13-8-9-18-14(11-13)5-4-10-22(18)20(24)16-12-19(23)21-17-7-3-2-6-15(16)17/h2-3,6-9,11-12H,4-5,10H2,1H3,(H,21,23). The molecule has 4 nitrogen and oxygen atoms in total. The fourth-order valence-corrected chi connectivity index (χ4v) is 3.46. The highest BCUT2D eigenvalue weighted by Gasteiger charge is 2.25. The van der Waals surface area contributed by atoms with Gasteiger partial charge in [-0.1, -0.05) is 35.9 Å². The van der Waals surface area contributed by atoms with Crippen molar-refractivity contribution in [2.75, 3.05) is 11.4 Å². The zero-order chi connectivity index (χ0) is 16.7. The number of pyridine rings is 1. The molecule has 0 spiro atoms. The third-order valence-electron chi connectivity index (χ3n) is 4.58. The Hall–Kier alpha value is -2.88. The molecule has 0 fully saturated rings. The average molecular weight is 318 g/mol. The van der Waals surface area contributed by atoms with E-state index in [-0.39, 0.29) is 11.5 Å². The first-order valence-corrected chi connectivity index (χ1v) is 8.17. The van der Waals surface area contributed by atoms with E-state index in [1.807, 2.05) is 36.4 Å². The molecule has 0 unspecified atom stereocenters. The number of carbonyl (C=O) groups excluding carboxylic acids is 1. The molecule has 0 aliphatic carbocycles. The maximum absolute atomic E-state index is 13.2. The Morgan fingerprint density at radius 3 is 2.83 bits per heavy atom. The van der Waals surface area contributed by atoms with Crippen LogP contribution in [-0.2, 0) is 6.42 Å². The van der Waals surface area contributed by atoms with E-state index >= 15 is 0 Å². The van der Waals surface area contributed by atoms with E-state index in [1.165, 1.54) is 17.2 Å². The minimum Gasteiger partial charge on any atom is -0.322 e. The number of fused-ring (bicyclic) bond motifs is 2. The van der Waals surface area contributed by atoms with Crippen molar-refractivity contribution in [2.45, 2.75) is 19.8 Å². The minimum absolute atomic E-state index is 0.109. The Balaban J connectivity index is 1.85. The van der Waals surface area contributed by atoms with E-state index in [1.54, 1.807) is 4.90 Å². The van der Waals surface area contributed by atoms with Gasteiger partial charge in [0, 0.05) is 29.2 Å². The van der Waals surface area contributed by atoms with Crippen molar-refractivity contribution in [1.82, 2.24) is 4.98 Å². The summed E-state index contributed by atoms with van der Waals surface area (Å²) >= 11 is 0. The molecule has 120 valence electrons. The zero-order valence-electron chi connectivity index (χ0n) is 13.5.